The molecule has 1 heterocycles. The zero-order valence-corrected chi connectivity index (χ0v) is 23.5. The van der Waals surface area contributed by atoms with Crippen molar-refractivity contribution in [2.24, 2.45) is 0 Å². The van der Waals surface area contributed by atoms with E-state index in [4.69, 9.17) is 4.98 Å². The molecular formula is C33H34NOP. The van der Waals surface area contributed by atoms with E-state index < -0.39 is 7.14 Å². The molecule has 0 fully saturated rings. The molecule has 3 heteroatoms. The van der Waals surface area contributed by atoms with E-state index in [0.29, 0.717) is 5.44 Å². The summed E-state index contributed by atoms with van der Waals surface area (Å²) in [6, 6.07) is 21.5. The number of hydrogen-bond acceptors (Lipinski definition) is 2. The van der Waals surface area contributed by atoms with E-state index in [2.05, 4.69) is 116 Å². The van der Waals surface area contributed by atoms with Gasteiger partial charge in [0.15, 0.2) is 7.14 Å². The fourth-order valence-corrected chi connectivity index (χ4v) is 9.78. The van der Waals surface area contributed by atoms with E-state index in [1.807, 2.05) is 0 Å². The first-order chi connectivity index (χ1) is 17.0. The predicted molar refractivity (Wildman–Crippen MR) is 157 cm³/mol. The van der Waals surface area contributed by atoms with E-state index in [0.717, 1.165) is 60.1 Å². The highest BCUT2D eigenvalue weighted by Gasteiger charge is 2.38. The molecule has 4 aromatic carbocycles. The third-order valence-corrected chi connectivity index (χ3v) is 10.9. The van der Waals surface area contributed by atoms with Crippen LogP contribution >= 0.6 is 7.14 Å². The van der Waals surface area contributed by atoms with Gasteiger partial charge in [0.1, 0.15) is 5.44 Å². The van der Waals surface area contributed by atoms with Crippen LogP contribution in [0.1, 0.15) is 44.5 Å². The van der Waals surface area contributed by atoms with Gasteiger partial charge in [-0.1, -0.05) is 64.7 Å². The van der Waals surface area contributed by atoms with Gasteiger partial charge in [0.2, 0.25) is 0 Å². The molecule has 36 heavy (non-hydrogen) atoms. The second-order valence-corrected chi connectivity index (χ2v) is 13.1. The summed E-state index contributed by atoms with van der Waals surface area (Å²) in [6.45, 7) is 16.8. The van der Waals surface area contributed by atoms with E-state index in [-0.39, 0.29) is 0 Å². The molecule has 2 nitrogen and oxygen atoms in total. The van der Waals surface area contributed by atoms with Gasteiger partial charge in [0.25, 0.3) is 0 Å². The average molecular weight is 492 g/mol. The Morgan fingerprint density at radius 2 is 0.944 bits per heavy atom. The van der Waals surface area contributed by atoms with Gasteiger partial charge < -0.3 is 4.57 Å². The van der Waals surface area contributed by atoms with Gasteiger partial charge in [0.05, 0.1) is 5.52 Å². The number of aromatic nitrogens is 1. The van der Waals surface area contributed by atoms with Crippen LogP contribution in [0.3, 0.4) is 0 Å². The smallest absolute Gasteiger partial charge is 0.190 e. The molecule has 0 saturated heterocycles. The first-order valence-electron chi connectivity index (χ1n) is 12.6. The zero-order chi connectivity index (χ0) is 25.9. The lowest BCUT2D eigenvalue weighted by Gasteiger charge is -2.28. The minimum atomic E-state index is -3.36. The summed E-state index contributed by atoms with van der Waals surface area (Å²) >= 11 is 0. The second-order valence-electron chi connectivity index (χ2n) is 10.6. The molecular weight excluding hydrogens is 457 g/mol. The molecule has 5 aromatic rings. The Bertz CT molecular complexity index is 1640. The first kappa shape index (κ1) is 24.5. The van der Waals surface area contributed by atoms with Gasteiger partial charge in [-0.3, -0.25) is 0 Å². The van der Waals surface area contributed by atoms with Crippen LogP contribution in [0, 0.1) is 55.4 Å². The second kappa shape index (κ2) is 8.71. The van der Waals surface area contributed by atoms with Crippen molar-refractivity contribution in [3.63, 3.8) is 0 Å². The van der Waals surface area contributed by atoms with Crippen molar-refractivity contribution in [3.8, 4) is 0 Å². The van der Waals surface area contributed by atoms with Gasteiger partial charge >= 0.3 is 0 Å². The average Bonchev–Trinajstić information content (AvgIpc) is 2.76. The number of pyridine rings is 1. The van der Waals surface area contributed by atoms with Gasteiger partial charge in [0, 0.05) is 21.4 Å². The van der Waals surface area contributed by atoms with Crippen molar-refractivity contribution < 1.29 is 4.57 Å². The fourth-order valence-electron chi connectivity index (χ4n) is 6.12. The van der Waals surface area contributed by atoms with Gasteiger partial charge in [-0.05, 0) is 101 Å². The molecule has 0 saturated carbocycles. The van der Waals surface area contributed by atoms with Crippen molar-refractivity contribution in [3.05, 3.63) is 105 Å². The van der Waals surface area contributed by atoms with Crippen LogP contribution in [-0.2, 0) is 4.57 Å². The predicted octanol–water partition coefficient (Wildman–Crippen LogP) is 7.49. The quantitative estimate of drug-likeness (QED) is 0.193. The molecule has 0 aliphatic rings. The summed E-state index contributed by atoms with van der Waals surface area (Å²) < 4.78 is 16.1. The monoisotopic (exact) mass is 491 g/mol. The van der Waals surface area contributed by atoms with Crippen LogP contribution in [0.5, 0.6) is 0 Å². The standard InChI is InChI=1S/C33H34NOP/c1-19-9-11-27-28-17-20(2)10-12-30(28)34-33(29(27)18-19)36(35,31-23(5)13-21(3)14-24(31)6)32-25(7)15-22(4)16-26(32)8/h9-18H,1-8H3. The van der Waals surface area contributed by atoms with Crippen LogP contribution in [0.25, 0.3) is 21.7 Å². The summed E-state index contributed by atoms with van der Waals surface area (Å²) in [7, 11) is -3.36. The van der Waals surface area contributed by atoms with E-state index in [1.165, 1.54) is 16.7 Å². The molecule has 0 aliphatic heterocycles. The molecule has 0 N–H and O–H groups in total. The minimum absolute atomic E-state index is 0.697. The molecule has 0 bridgehead atoms. The van der Waals surface area contributed by atoms with Crippen LogP contribution < -0.4 is 16.0 Å². The third-order valence-electron chi connectivity index (χ3n) is 7.28. The number of fused-ring (bicyclic) bond motifs is 3. The normalized spacial score (nSPS) is 12.0. The first-order valence-corrected chi connectivity index (χ1v) is 14.3. The zero-order valence-electron chi connectivity index (χ0n) is 22.6. The lowest BCUT2D eigenvalue weighted by Crippen LogP contribution is -2.33. The highest BCUT2D eigenvalue weighted by Crippen LogP contribution is 2.48. The van der Waals surface area contributed by atoms with Gasteiger partial charge in [-0.15, -0.1) is 0 Å². The molecule has 182 valence electrons. The SMILES string of the molecule is Cc1cc(C)c(P(=O)(c2c(C)cc(C)cc2C)c2nc3ccc(C)cc3c3ccc(C)cc23)c(C)c1. The Hall–Kier alpha value is -3.22. The van der Waals surface area contributed by atoms with E-state index in [1.54, 1.807) is 0 Å². The molecule has 0 radical (unpaired) electrons. The Labute approximate surface area is 214 Å². The lowest BCUT2D eigenvalue weighted by molar-refractivity contribution is 0.592. The van der Waals surface area contributed by atoms with Crippen molar-refractivity contribution in [1.29, 1.82) is 0 Å². The molecule has 0 spiro atoms. The molecule has 0 atom stereocenters. The number of hydrogen-bond donors (Lipinski definition) is 0. The Morgan fingerprint density at radius 3 is 1.44 bits per heavy atom. The Morgan fingerprint density at radius 1 is 0.500 bits per heavy atom. The van der Waals surface area contributed by atoms with E-state index >= 15 is 4.57 Å². The molecule has 0 unspecified atom stereocenters. The van der Waals surface area contributed by atoms with E-state index in [9.17, 15) is 0 Å². The maximum atomic E-state index is 16.1. The topological polar surface area (TPSA) is 30.0 Å². The molecule has 0 aliphatic carbocycles. The number of rotatable bonds is 3. The molecule has 5 rings (SSSR count). The highest BCUT2D eigenvalue weighted by atomic mass is 31.2. The number of benzene rings is 4. The van der Waals surface area contributed by atoms with Crippen LogP contribution in [0.15, 0.2) is 60.7 Å². The Balaban J connectivity index is 2.06. The summed E-state index contributed by atoms with van der Waals surface area (Å²) in [4.78, 5) is 5.26. The summed E-state index contributed by atoms with van der Waals surface area (Å²) in [5, 5.41) is 5.04. The van der Waals surface area contributed by atoms with Crippen molar-refractivity contribution in [2.75, 3.05) is 0 Å². The van der Waals surface area contributed by atoms with Crippen LogP contribution in [0.2, 0.25) is 0 Å². The summed E-state index contributed by atoms with van der Waals surface area (Å²) in [5.41, 5.74) is 10.5. The third kappa shape index (κ3) is 3.80. The van der Waals surface area contributed by atoms with Gasteiger partial charge in [-0.2, -0.15) is 0 Å². The van der Waals surface area contributed by atoms with Gasteiger partial charge in [-0.25, -0.2) is 4.98 Å². The largest absolute Gasteiger partial charge is 0.307 e. The maximum absolute atomic E-state index is 16.1. The maximum Gasteiger partial charge on any atom is 0.190 e. The minimum Gasteiger partial charge on any atom is -0.307 e. The fraction of sp³-hybridized carbons (Fsp3) is 0.242. The highest BCUT2D eigenvalue weighted by molar-refractivity contribution is 7.85. The molecule has 0 amide bonds. The van der Waals surface area contributed by atoms with Crippen LogP contribution in [-0.4, -0.2) is 4.98 Å². The van der Waals surface area contributed by atoms with Crippen LogP contribution in [0.4, 0.5) is 0 Å². The Kier molecular flexibility index (Phi) is 5.92. The number of nitrogens with zero attached hydrogens (tertiary/aromatic N) is 1. The molecule has 1 aromatic heterocycles. The summed E-state index contributed by atoms with van der Waals surface area (Å²) in [6.07, 6.45) is 0. The lowest BCUT2D eigenvalue weighted by atomic mass is 10.0. The van der Waals surface area contributed by atoms with Crippen molar-refractivity contribution in [1.82, 2.24) is 4.98 Å². The van der Waals surface area contributed by atoms with Crippen molar-refractivity contribution >= 4 is 44.9 Å². The number of aryl methyl sites for hydroxylation is 8. The summed E-state index contributed by atoms with van der Waals surface area (Å²) in [5.74, 6) is 0. The van der Waals surface area contributed by atoms with Crippen molar-refractivity contribution in [2.45, 2.75) is 55.4 Å².